The van der Waals surface area contributed by atoms with E-state index in [9.17, 15) is 9.59 Å². The normalized spacial score (nSPS) is 13.7. The van der Waals surface area contributed by atoms with Crippen molar-refractivity contribution in [1.29, 1.82) is 0 Å². The SMILES string of the molecule is COc1ccc(C(=O)N2CCN(C(=O)c3c(C)nn(-c4ccccc4)c3Cl)CC2)cc1OC. The minimum absolute atomic E-state index is 0.117. The Morgan fingerprint density at radius 2 is 1.48 bits per heavy atom. The molecule has 0 atom stereocenters. The summed E-state index contributed by atoms with van der Waals surface area (Å²) in [4.78, 5) is 29.7. The smallest absolute Gasteiger partial charge is 0.259 e. The summed E-state index contributed by atoms with van der Waals surface area (Å²) in [5, 5.41) is 4.74. The Balaban J connectivity index is 1.46. The molecule has 172 valence electrons. The molecule has 2 aromatic carbocycles. The average Bonchev–Trinajstić information content (AvgIpc) is 3.16. The van der Waals surface area contributed by atoms with Crippen molar-refractivity contribution in [3.8, 4) is 17.2 Å². The molecule has 8 nitrogen and oxygen atoms in total. The van der Waals surface area contributed by atoms with E-state index < -0.39 is 0 Å². The van der Waals surface area contributed by atoms with Crippen LogP contribution in [0, 0.1) is 6.92 Å². The van der Waals surface area contributed by atoms with Crippen molar-refractivity contribution in [2.24, 2.45) is 0 Å². The molecule has 1 fully saturated rings. The maximum Gasteiger partial charge on any atom is 0.259 e. The van der Waals surface area contributed by atoms with E-state index in [0.717, 1.165) is 5.69 Å². The Morgan fingerprint density at radius 1 is 0.879 bits per heavy atom. The summed E-state index contributed by atoms with van der Waals surface area (Å²) in [6.45, 7) is 3.43. The molecule has 0 aliphatic carbocycles. The van der Waals surface area contributed by atoms with Crippen molar-refractivity contribution in [1.82, 2.24) is 19.6 Å². The number of hydrogen-bond donors (Lipinski definition) is 0. The highest BCUT2D eigenvalue weighted by atomic mass is 35.5. The minimum atomic E-state index is -0.183. The van der Waals surface area contributed by atoms with Gasteiger partial charge in [0.25, 0.3) is 11.8 Å². The van der Waals surface area contributed by atoms with Gasteiger partial charge in [-0.2, -0.15) is 5.10 Å². The number of carbonyl (C=O) groups excluding carboxylic acids is 2. The summed E-state index contributed by atoms with van der Waals surface area (Å²) < 4.78 is 12.1. The molecule has 1 aromatic heterocycles. The Bertz CT molecular complexity index is 1170. The molecule has 1 saturated heterocycles. The molecular formula is C24H25ClN4O4. The highest BCUT2D eigenvalue weighted by molar-refractivity contribution is 6.33. The molecule has 9 heteroatoms. The first-order chi connectivity index (χ1) is 15.9. The molecule has 0 spiro atoms. The third kappa shape index (κ3) is 4.39. The number of carbonyl (C=O) groups is 2. The number of benzene rings is 2. The lowest BCUT2D eigenvalue weighted by Crippen LogP contribution is -2.50. The molecule has 2 amide bonds. The number of hydrogen-bond acceptors (Lipinski definition) is 5. The van der Waals surface area contributed by atoms with Gasteiger partial charge in [0.15, 0.2) is 11.5 Å². The lowest BCUT2D eigenvalue weighted by atomic mass is 10.1. The molecule has 0 radical (unpaired) electrons. The molecule has 0 bridgehead atoms. The minimum Gasteiger partial charge on any atom is -0.493 e. The highest BCUT2D eigenvalue weighted by Crippen LogP contribution is 2.29. The zero-order chi connectivity index (χ0) is 23.5. The van der Waals surface area contributed by atoms with Gasteiger partial charge in [-0.3, -0.25) is 9.59 Å². The van der Waals surface area contributed by atoms with Crippen LogP contribution in [-0.4, -0.2) is 71.8 Å². The zero-order valence-corrected chi connectivity index (χ0v) is 19.5. The monoisotopic (exact) mass is 468 g/mol. The Morgan fingerprint density at radius 3 is 2.09 bits per heavy atom. The van der Waals surface area contributed by atoms with E-state index in [1.807, 2.05) is 30.3 Å². The fourth-order valence-corrected chi connectivity index (χ4v) is 4.26. The van der Waals surface area contributed by atoms with Gasteiger partial charge in [0.1, 0.15) is 5.15 Å². The number of nitrogens with zero attached hydrogens (tertiary/aromatic N) is 4. The van der Waals surface area contributed by atoms with E-state index in [-0.39, 0.29) is 17.0 Å². The molecule has 1 aliphatic heterocycles. The molecule has 0 saturated carbocycles. The van der Waals surface area contributed by atoms with Crippen molar-refractivity contribution in [3.63, 3.8) is 0 Å². The Labute approximate surface area is 197 Å². The van der Waals surface area contributed by atoms with Crippen LogP contribution in [0.3, 0.4) is 0 Å². The lowest BCUT2D eigenvalue weighted by molar-refractivity contribution is 0.0535. The van der Waals surface area contributed by atoms with E-state index in [4.69, 9.17) is 21.1 Å². The van der Waals surface area contributed by atoms with Gasteiger partial charge in [0.05, 0.1) is 31.2 Å². The molecule has 0 unspecified atom stereocenters. The number of piperazine rings is 1. The van der Waals surface area contributed by atoms with Crippen molar-refractivity contribution in [3.05, 3.63) is 70.5 Å². The summed E-state index contributed by atoms with van der Waals surface area (Å²) >= 11 is 6.56. The van der Waals surface area contributed by atoms with Gasteiger partial charge in [-0.05, 0) is 37.3 Å². The number of halogens is 1. The van der Waals surface area contributed by atoms with E-state index in [0.29, 0.717) is 54.5 Å². The van der Waals surface area contributed by atoms with E-state index in [1.54, 1.807) is 46.7 Å². The Kier molecular flexibility index (Phi) is 6.55. The zero-order valence-electron chi connectivity index (χ0n) is 18.7. The second kappa shape index (κ2) is 9.54. The maximum absolute atomic E-state index is 13.2. The van der Waals surface area contributed by atoms with Crippen molar-refractivity contribution < 1.29 is 19.1 Å². The number of aryl methyl sites for hydroxylation is 1. The molecule has 4 rings (SSSR count). The van der Waals surface area contributed by atoms with Gasteiger partial charge in [-0.25, -0.2) is 4.68 Å². The summed E-state index contributed by atoms with van der Waals surface area (Å²) in [5.41, 5.74) is 2.25. The van der Waals surface area contributed by atoms with Gasteiger partial charge in [0, 0.05) is 31.7 Å². The van der Waals surface area contributed by atoms with E-state index in [1.165, 1.54) is 7.11 Å². The number of rotatable bonds is 5. The first-order valence-electron chi connectivity index (χ1n) is 10.6. The number of aromatic nitrogens is 2. The first kappa shape index (κ1) is 22.7. The van der Waals surface area contributed by atoms with Crippen LogP contribution < -0.4 is 9.47 Å². The van der Waals surface area contributed by atoms with Crippen LogP contribution in [0.4, 0.5) is 0 Å². The molecule has 0 N–H and O–H groups in total. The summed E-state index contributed by atoms with van der Waals surface area (Å²) in [7, 11) is 3.08. The van der Waals surface area contributed by atoms with Crippen molar-refractivity contribution >= 4 is 23.4 Å². The van der Waals surface area contributed by atoms with Crippen molar-refractivity contribution in [2.45, 2.75) is 6.92 Å². The van der Waals surface area contributed by atoms with Crippen LogP contribution in [0.2, 0.25) is 5.15 Å². The molecule has 2 heterocycles. The topological polar surface area (TPSA) is 76.9 Å². The molecular weight excluding hydrogens is 444 g/mol. The fourth-order valence-electron chi connectivity index (χ4n) is 3.90. The summed E-state index contributed by atoms with van der Waals surface area (Å²) in [5.74, 6) is 0.762. The standard InChI is InChI=1S/C24H25ClN4O4/c1-16-21(22(25)29(26-16)18-7-5-4-6-8-18)24(31)28-13-11-27(12-14-28)23(30)17-9-10-19(32-2)20(15-17)33-3/h4-10,15H,11-14H2,1-3H3. The van der Waals surface area contributed by atoms with Crippen LogP contribution in [-0.2, 0) is 0 Å². The number of para-hydroxylation sites is 1. The number of amides is 2. The molecule has 3 aromatic rings. The second-order valence-electron chi connectivity index (χ2n) is 7.65. The van der Waals surface area contributed by atoms with Gasteiger partial charge in [-0.1, -0.05) is 29.8 Å². The average molecular weight is 469 g/mol. The van der Waals surface area contributed by atoms with E-state index in [2.05, 4.69) is 5.10 Å². The summed E-state index contributed by atoms with van der Waals surface area (Å²) in [6, 6.07) is 14.5. The Hall–Kier alpha value is -3.52. The maximum atomic E-state index is 13.2. The molecule has 1 aliphatic rings. The first-order valence-corrected chi connectivity index (χ1v) is 10.9. The largest absolute Gasteiger partial charge is 0.493 e. The lowest BCUT2D eigenvalue weighted by Gasteiger charge is -2.34. The number of ether oxygens (including phenoxy) is 2. The predicted octanol–water partition coefficient (Wildman–Crippen LogP) is 3.45. The quantitative estimate of drug-likeness (QED) is 0.573. The number of methoxy groups -OCH3 is 2. The van der Waals surface area contributed by atoms with Gasteiger partial charge in [0.2, 0.25) is 0 Å². The van der Waals surface area contributed by atoms with Crippen LogP contribution in [0.15, 0.2) is 48.5 Å². The highest BCUT2D eigenvalue weighted by Gasteiger charge is 2.30. The third-order valence-electron chi connectivity index (χ3n) is 5.70. The van der Waals surface area contributed by atoms with E-state index >= 15 is 0 Å². The summed E-state index contributed by atoms with van der Waals surface area (Å²) in [6.07, 6.45) is 0. The van der Waals surface area contributed by atoms with Gasteiger partial charge in [-0.15, -0.1) is 0 Å². The van der Waals surface area contributed by atoms with Crippen molar-refractivity contribution in [2.75, 3.05) is 40.4 Å². The predicted molar refractivity (Wildman–Crippen MR) is 125 cm³/mol. The third-order valence-corrected chi connectivity index (χ3v) is 6.05. The van der Waals surface area contributed by atoms with Crippen LogP contribution in [0.5, 0.6) is 11.5 Å². The second-order valence-corrected chi connectivity index (χ2v) is 8.01. The fraction of sp³-hybridized carbons (Fsp3) is 0.292. The van der Waals surface area contributed by atoms with Gasteiger partial charge >= 0.3 is 0 Å². The van der Waals surface area contributed by atoms with Gasteiger partial charge < -0.3 is 19.3 Å². The molecule has 33 heavy (non-hydrogen) atoms. The van der Waals surface area contributed by atoms with Crippen LogP contribution >= 0.6 is 11.6 Å². The van der Waals surface area contributed by atoms with Crippen LogP contribution in [0.25, 0.3) is 5.69 Å². The van der Waals surface area contributed by atoms with Crippen LogP contribution in [0.1, 0.15) is 26.4 Å².